The molecule has 0 radical (unpaired) electrons. The van der Waals surface area contributed by atoms with Crippen molar-refractivity contribution in [2.45, 2.75) is 6.54 Å². The first kappa shape index (κ1) is 16.1. The second-order valence-corrected chi connectivity index (χ2v) is 5.91. The SMILES string of the molecule is COc1ccc(Cn2nnc(-c3ccc(C(N)=O)cc3)n2)cc1Br. The van der Waals surface area contributed by atoms with Gasteiger partial charge in [-0.25, -0.2) is 0 Å². The van der Waals surface area contributed by atoms with E-state index < -0.39 is 5.91 Å². The van der Waals surface area contributed by atoms with Crippen molar-refractivity contribution in [1.82, 2.24) is 20.2 Å². The molecule has 122 valence electrons. The molecule has 2 N–H and O–H groups in total. The molecule has 0 aliphatic rings. The molecule has 0 fully saturated rings. The van der Waals surface area contributed by atoms with E-state index in [1.54, 1.807) is 31.4 Å². The second-order valence-electron chi connectivity index (χ2n) is 5.05. The van der Waals surface area contributed by atoms with E-state index in [9.17, 15) is 4.79 Å². The van der Waals surface area contributed by atoms with E-state index in [4.69, 9.17) is 10.5 Å². The second kappa shape index (κ2) is 6.79. The summed E-state index contributed by atoms with van der Waals surface area (Å²) in [6.07, 6.45) is 0. The van der Waals surface area contributed by atoms with Gasteiger partial charge < -0.3 is 10.5 Å². The van der Waals surface area contributed by atoms with Crippen molar-refractivity contribution in [1.29, 1.82) is 0 Å². The average molecular weight is 388 g/mol. The first-order chi connectivity index (χ1) is 11.6. The van der Waals surface area contributed by atoms with Crippen molar-refractivity contribution in [3.8, 4) is 17.1 Å². The van der Waals surface area contributed by atoms with Gasteiger partial charge in [0.05, 0.1) is 18.1 Å². The fourth-order valence-electron chi connectivity index (χ4n) is 2.18. The molecule has 0 aliphatic carbocycles. The van der Waals surface area contributed by atoms with Gasteiger partial charge in [0, 0.05) is 11.1 Å². The summed E-state index contributed by atoms with van der Waals surface area (Å²) in [6.45, 7) is 0.481. The molecular weight excluding hydrogens is 374 g/mol. The molecule has 1 heterocycles. The predicted molar refractivity (Wildman–Crippen MR) is 91.6 cm³/mol. The summed E-state index contributed by atoms with van der Waals surface area (Å²) in [5, 5.41) is 12.5. The van der Waals surface area contributed by atoms with Gasteiger partial charge in [-0.05, 0) is 51.0 Å². The number of carbonyl (C=O) groups is 1. The number of aromatic nitrogens is 4. The largest absolute Gasteiger partial charge is 0.496 e. The van der Waals surface area contributed by atoms with Gasteiger partial charge in [-0.15, -0.1) is 10.2 Å². The zero-order valence-electron chi connectivity index (χ0n) is 12.8. The van der Waals surface area contributed by atoms with Gasteiger partial charge >= 0.3 is 0 Å². The fourth-order valence-corrected chi connectivity index (χ4v) is 2.77. The molecular formula is C16H14BrN5O2. The van der Waals surface area contributed by atoms with Crippen LogP contribution in [-0.2, 0) is 6.54 Å². The molecule has 0 bridgehead atoms. The Kier molecular flexibility index (Phi) is 4.57. The van der Waals surface area contributed by atoms with Crippen molar-refractivity contribution in [3.05, 3.63) is 58.1 Å². The van der Waals surface area contributed by atoms with Crippen molar-refractivity contribution < 1.29 is 9.53 Å². The lowest BCUT2D eigenvalue weighted by Gasteiger charge is -2.05. The standard InChI is InChI=1S/C16H14BrN5O2/c1-24-14-7-2-10(8-13(14)17)9-22-20-16(19-21-22)12-5-3-11(4-6-12)15(18)23/h2-8H,9H2,1H3,(H2,18,23). The van der Waals surface area contributed by atoms with Crippen LogP contribution in [0.5, 0.6) is 5.75 Å². The lowest BCUT2D eigenvalue weighted by Crippen LogP contribution is -2.10. The van der Waals surface area contributed by atoms with Crippen LogP contribution in [0, 0.1) is 0 Å². The molecule has 0 aliphatic heterocycles. The van der Waals surface area contributed by atoms with Crippen LogP contribution in [0.1, 0.15) is 15.9 Å². The Bertz CT molecular complexity index is 876. The molecule has 0 unspecified atom stereocenters. The number of carbonyl (C=O) groups excluding carboxylic acids is 1. The van der Waals surface area contributed by atoms with Crippen LogP contribution in [0.4, 0.5) is 0 Å². The quantitative estimate of drug-likeness (QED) is 0.723. The number of hydrogen-bond donors (Lipinski definition) is 1. The molecule has 3 rings (SSSR count). The lowest BCUT2D eigenvalue weighted by molar-refractivity contribution is 0.100. The number of rotatable bonds is 5. The number of ether oxygens (including phenoxy) is 1. The summed E-state index contributed by atoms with van der Waals surface area (Å²) in [7, 11) is 1.62. The van der Waals surface area contributed by atoms with Crippen LogP contribution in [0.3, 0.4) is 0 Å². The molecule has 0 atom stereocenters. The van der Waals surface area contributed by atoms with Crippen molar-refractivity contribution >= 4 is 21.8 Å². The highest BCUT2D eigenvalue weighted by Gasteiger charge is 2.09. The minimum absolute atomic E-state index is 0.439. The first-order valence-corrected chi connectivity index (χ1v) is 7.86. The van der Waals surface area contributed by atoms with Gasteiger partial charge in [0.1, 0.15) is 5.75 Å². The zero-order chi connectivity index (χ0) is 17.1. The number of nitrogens with zero attached hydrogens (tertiary/aromatic N) is 4. The van der Waals surface area contributed by atoms with Gasteiger partial charge in [-0.3, -0.25) is 4.79 Å². The Morgan fingerprint density at radius 1 is 1.25 bits per heavy atom. The number of amides is 1. The zero-order valence-corrected chi connectivity index (χ0v) is 14.4. The Balaban J connectivity index is 1.78. The topological polar surface area (TPSA) is 95.9 Å². The lowest BCUT2D eigenvalue weighted by atomic mass is 10.1. The minimum atomic E-state index is -0.469. The van der Waals surface area contributed by atoms with Crippen molar-refractivity contribution in [3.63, 3.8) is 0 Å². The third-order valence-corrected chi connectivity index (χ3v) is 4.04. The van der Waals surface area contributed by atoms with E-state index >= 15 is 0 Å². The maximum Gasteiger partial charge on any atom is 0.248 e. The van der Waals surface area contributed by atoms with Gasteiger partial charge in [-0.1, -0.05) is 18.2 Å². The van der Waals surface area contributed by atoms with Crippen molar-refractivity contribution in [2.75, 3.05) is 7.11 Å². The van der Waals surface area contributed by atoms with E-state index in [2.05, 4.69) is 31.3 Å². The minimum Gasteiger partial charge on any atom is -0.496 e. The van der Waals surface area contributed by atoms with Crippen LogP contribution in [0.15, 0.2) is 46.9 Å². The van der Waals surface area contributed by atoms with Gasteiger partial charge in [-0.2, -0.15) is 4.80 Å². The summed E-state index contributed by atoms with van der Waals surface area (Å²) < 4.78 is 6.07. The van der Waals surface area contributed by atoms with Gasteiger partial charge in [0.25, 0.3) is 0 Å². The van der Waals surface area contributed by atoms with Crippen LogP contribution in [-0.4, -0.2) is 33.2 Å². The third-order valence-electron chi connectivity index (χ3n) is 3.42. The maximum atomic E-state index is 11.1. The molecule has 8 heteroatoms. The van der Waals surface area contributed by atoms with E-state index in [1.807, 2.05) is 18.2 Å². The molecule has 0 saturated carbocycles. The molecule has 3 aromatic rings. The summed E-state index contributed by atoms with van der Waals surface area (Å²) in [6, 6.07) is 12.5. The number of tetrazole rings is 1. The highest BCUT2D eigenvalue weighted by atomic mass is 79.9. The summed E-state index contributed by atoms with van der Waals surface area (Å²) in [5.74, 6) is 0.780. The van der Waals surface area contributed by atoms with Crippen molar-refractivity contribution in [2.24, 2.45) is 5.73 Å². The fraction of sp³-hybridized carbons (Fsp3) is 0.125. The van der Waals surface area contributed by atoms with Gasteiger partial charge in [0.15, 0.2) is 0 Å². The monoisotopic (exact) mass is 387 g/mol. The maximum absolute atomic E-state index is 11.1. The highest BCUT2D eigenvalue weighted by molar-refractivity contribution is 9.10. The smallest absolute Gasteiger partial charge is 0.248 e. The Hall–Kier alpha value is -2.74. The summed E-state index contributed by atoms with van der Waals surface area (Å²) in [5.41, 5.74) is 7.44. The number of hydrogen-bond acceptors (Lipinski definition) is 5. The molecule has 2 aromatic carbocycles. The number of methoxy groups -OCH3 is 1. The highest BCUT2D eigenvalue weighted by Crippen LogP contribution is 2.25. The Morgan fingerprint density at radius 2 is 2.00 bits per heavy atom. The van der Waals surface area contributed by atoms with Crippen LogP contribution < -0.4 is 10.5 Å². The normalized spacial score (nSPS) is 10.6. The number of nitrogens with two attached hydrogens (primary N) is 1. The molecule has 0 spiro atoms. The van der Waals surface area contributed by atoms with E-state index in [0.29, 0.717) is 17.9 Å². The number of primary amides is 1. The Morgan fingerprint density at radius 3 is 2.62 bits per heavy atom. The number of benzene rings is 2. The van der Waals surface area contributed by atoms with Crippen LogP contribution in [0.25, 0.3) is 11.4 Å². The van der Waals surface area contributed by atoms with Crippen LogP contribution >= 0.6 is 15.9 Å². The molecule has 1 amide bonds. The average Bonchev–Trinajstić information content (AvgIpc) is 3.03. The van der Waals surface area contributed by atoms with Gasteiger partial charge in [0.2, 0.25) is 11.7 Å². The number of halogens is 1. The van der Waals surface area contributed by atoms with Crippen LogP contribution in [0.2, 0.25) is 0 Å². The van der Waals surface area contributed by atoms with E-state index in [-0.39, 0.29) is 0 Å². The van der Waals surface area contributed by atoms with E-state index in [1.165, 1.54) is 4.80 Å². The molecule has 24 heavy (non-hydrogen) atoms. The summed E-state index contributed by atoms with van der Waals surface area (Å²) >= 11 is 3.45. The molecule has 7 nitrogen and oxygen atoms in total. The molecule has 1 aromatic heterocycles. The first-order valence-electron chi connectivity index (χ1n) is 7.07. The third kappa shape index (κ3) is 3.43. The van der Waals surface area contributed by atoms with E-state index in [0.717, 1.165) is 21.3 Å². The predicted octanol–water partition coefficient (Wildman–Crippen LogP) is 2.26. The molecule has 0 saturated heterocycles. The summed E-state index contributed by atoms with van der Waals surface area (Å²) in [4.78, 5) is 12.6. The Labute approximate surface area is 146 Å².